The summed E-state index contributed by atoms with van der Waals surface area (Å²) in [7, 11) is 0. The van der Waals surface area contributed by atoms with E-state index in [9.17, 15) is 9.59 Å². The second-order valence-corrected chi connectivity index (χ2v) is 4.66. The van der Waals surface area contributed by atoms with Crippen molar-refractivity contribution in [1.29, 1.82) is 0 Å². The van der Waals surface area contributed by atoms with Crippen LogP contribution in [-0.4, -0.2) is 18.4 Å². The van der Waals surface area contributed by atoms with Crippen molar-refractivity contribution in [2.24, 2.45) is 0 Å². The summed E-state index contributed by atoms with van der Waals surface area (Å²) >= 11 is 0. The highest BCUT2D eigenvalue weighted by Gasteiger charge is 2.05. The number of nitrogens with one attached hydrogen (secondary N) is 2. The van der Waals surface area contributed by atoms with Crippen LogP contribution in [0.3, 0.4) is 0 Å². The van der Waals surface area contributed by atoms with Gasteiger partial charge in [0.1, 0.15) is 5.75 Å². The summed E-state index contributed by atoms with van der Waals surface area (Å²) in [4.78, 5) is 22.9. The normalized spacial score (nSPS) is 9.90. The molecule has 0 aliphatic carbocycles. The van der Waals surface area contributed by atoms with Gasteiger partial charge in [-0.1, -0.05) is 31.9 Å². The average Bonchev–Trinajstić information content (AvgIpc) is 2.43. The van der Waals surface area contributed by atoms with Crippen LogP contribution >= 0.6 is 0 Å². The Morgan fingerprint density at radius 2 is 1.90 bits per heavy atom. The molecule has 2 N–H and O–H groups in total. The summed E-state index contributed by atoms with van der Waals surface area (Å²) in [6.07, 6.45) is 3.33. The lowest BCUT2D eigenvalue weighted by Crippen LogP contribution is -2.43. The van der Waals surface area contributed by atoms with Gasteiger partial charge in [0, 0.05) is 6.42 Å². The first-order chi connectivity index (χ1) is 9.61. The van der Waals surface area contributed by atoms with Gasteiger partial charge in [-0.25, -0.2) is 0 Å². The number of hydrogen-bond donors (Lipinski definition) is 2. The van der Waals surface area contributed by atoms with Gasteiger partial charge in [0.15, 0.2) is 6.61 Å². The molecule has 1 rings (SSSR count). The van der Waals surface area contributed by atoms with Crippen LogP contribution in [0, 0.1) is 6.92 Å². The molecule has 110 valence electrons. The van der Waals surface area contributed by atoms with E-state index in [4.69, 9.17) is 4.74 Å². The van der Waals surface area contributed by atoms with E-state index in [1.807, 2.05) is 25.1 Å². The molecule has 5 heteroatoms. The van der Waals surface area contributed by atoms with Crippen molar-refractivity contribution < 1.29 is 14.3 Å². The Hall–Kier alpha value is -2.04. The Labute approximate surface area is 119 Å². The Kier molecular flexibility index (Phi) is 7.17. The Bertz CT molecular complexity index is 446. The molecule has 2 amide bonds. The van der Waals surface area contributed by atoms with Gasteiger partial charge in [-0.15, -0.1) is 0 Å². The first kappa shape index (κ1) is 16.0. The predicted octanol–water partition coefficient (Wildman–Crippen LogP) is 2.10. The van der Waals surface area contributed by atoms with Gasteiger partial charge in [-0.3, -0.25) is 20.4 Å². The fourth-order valence-electron chi connectivity index (χ4n) is 1.63. The third kappa shape index (κ3) is 6.78. The molecule has 0 aliphatic rings. The second kappa shape index (κ2) is 8.96. The second-order valence-electron chi connectivity index (χ2n) is 4.66. The third-order valence-corrected chi connectivity index (χ3v) is 2.71. The van der Waals surface area contributed by atoms with E-state index >= 15 is 0 Å². The van der Waals surface area contributed by atoms with Crippen LogP contribution < -0.4 is 15.6 Å². The van der Waals surface area contributed by atoms with Crippen molar-refractivity contribution >= 4 is 11.8 Å². The molecule has 0 bridgehead atoms. The molecule has 1 aromatic rings. The van der Waals surface area contributed by atoms with E-state index in [1.165, 1.54) is 0 Å². The standard InChI is InChI=1S/C15H22N2O3/c1-3-4-5-9-14(18)16-17-15(19)11-20-13-8-6-7-12(2)10-13/h6-8,10H,3-5,9,11H2,1-2H3,(H,16,18)(H,17,19). The molecule has 0 aromatic heterocycles. The van der Waals surface area contributed by atoms with Crippen molar-refractivity contribution in [2.45, 2.75) is 39.5 Å². The summed E-state index contributed by atoms with van der Waals surface area (Å²) in [5, 5.41) is 0. The van der Waals surface area contributed by atoms with Crippen molar-refractivity contribution in [3.05, 3.63) is 29.8 Å². The highest BCUT2D eigenvalue weighted by molar-refractivity contribution is 5.82. The zero-order valence-corrected chi connectivity index (χ0v) is 12.1. The molecule has 0 saturated heterocycles. The molecule has 0 saturated carbocycles. The largest absolute Gasteiger partial charge is 0.484 e. The van der Waals surface area contributed by atoms with Crippen LogP contribution in [0.2, 0.25) is 0 Å². The lowest BCUT2D eigenvalue weighted by Gasteiger charge is -2.09. The lowest BCUT2D eigenvalue weighted by molar-refractivity contribution is -0.130. The van der Waals surface area contributed by atoms with E-state index in [0.29, 0.717) is 12.2 Å². The summed E-state index contributed by atoms with van der Waals surface area (Å²) in [6.45, 7) is 3.89. The summed E-state index contributed by atoms with van der Waals surface area (Å²) in [5.74, 6) is 0.0760. The molecule has 0 heterocycles. The molecule has 1 aromatic carbocycles. The van der Waals surface area contributed by atoms with E-state index in [0.717, 1.165) is 24.8 Å². The maximum Gasteiger partial charge on any atom is 0.276 e. The maximum absolute atomic E-state index is 11.5. The topological polar surface area (TPSA) is 67.4 Å². The van der Waals surface area contributed by atoms with Crippen LogP contribution in [0.5, 0.6) is 5.75 Å². The third-order valence-electron chi connectivity index (χ3n) is 2.71. The van der Waals surface area contributed by atoms with E-state index in [1.54, 1.807) is 6.07 Å². The van der Waals surface area contributed by atoms with Gasteiger partial charge in [0.2, 0.25) is 5.91 Å². The molecular weight excluding hydrogens is 256 g/mol. The van der Waals surface area contributed by atoms with Gasteiger partial charge in [0.25, 0.3) is 5.91 Å². The first-order valence-electron chi connectivity index (χ1n) is 6.89. The maximum atomic E-state index is 11.5. The summed E-state index contributed by atoms with van der Waals surface area (Å²) in [5.41, 5.74) is 5.76. The highest BCUT2D eigenvalue weighted by atomic mass is 16.5. The number of carbonyl (C=O) groups is 2. The Balaban J connectivity index is 2.19. The minimum Gasteiger partial charge on any atom is -0.484 e. The number of hydrogen-bond acceptors (Lipinski definition) is 3. The zero-order valence-electron chi connectivity index (χ0n) is 12.1. The highest BCUT2D eigenvalue weighted by Crippen LogP contribution is 2.11. The van der Waals surface area contributed by atoms with Gasteiger partial charge in [-0.2, -0.15) is 0 Å². The lowest BCUT2D eigenvalue weighted by atomic mass is 10.2. The van der Waals surface area contributed by atoms with E-state index in [2.05, 4.69) is 17.8 Å². The van der Waals surface area contributed by atoms with Gasteiger partial charge in [0.05, 0.1) is 0 Å². The van der Waals surface area contributed by atoms with Gasteiger partial charge < -0.3 is 4.74 Å². The number of hydrazine groups is 1. The monoisotopic (exact) mass is 278 g/mol. The number of unbranched alkanes of at least 4 members (excludes halogenated alkanes) is 2. The molecule has 0 radical (unpaired) electrons. The number of rotatable bonds is 7. The summed E-state index contributed by atoms with van der Waals surface area (Å²) in [6, 6.07) is 7.43. The molecule has 0 atom stereocenters. The first-order valence-corrected chi connectivity index (χ1v) is 6.89. The van der Waals surface area contributed by atoms with Gasteiger partial charge >= 0.3 is 0 Å². The zero-order chi connectivity index (χ0) is 14.8. The molecule has 0 aliphatic heterocycles. The number of ether oxygens (including phenoxy) is 1. The fourth-order valence-corrected chi connectivity index (χ4v) is 1.63. The number of benzene rings is 1. The Morgan fingerprint density at radius 1 is 1.15 bits per heavy atom. The van der Waals surface area contributed by atoms with Crippen LogP contribution in [0.1, 0.15) is 38.2 Å². The van der Waals surface area contributed by atoms with Crippen LogP contribution in [0.4, 0.5) is 0 Å². The summed E-state index contributed by atoms with van der Waals surface area (Å²) < 4.78 is 5.32. The van der Waals surface area contributed by atoms with Crippen molar-refractivity contribution in [3.63, 3.8) is 0 Å². The van der Waals surface area contributed by atoms with Crippen LogP contribution in [0.25, 0.3) is 0 Å². The number of aryl methyl sites for hydroxylation is 1. The molecule has 20 heavy (non-hydrogen) atoms. The predicted molar refractivity (Wildman–Crippen MR) is 77.1 cm³/mol. The minimum atomic E-state index is -0.379. The quantitative estimate of drug-likeness (QED) is 0.593. The van der Waals surface area contributed by atoms with Crippen molar-refractivity contribution in [2.75, 3.05) is 6.61 Å². The smallest absolute Gasteiger partial charge is 0.276 e. The van der Waals surface area contributed by atoms with Crippen molar-refractivity contribution in [1.82, 2.24) is 10.9 Å². The molecule has 0 unspecified atom stereocenters. The molecular formula is C15H22N2O3. The van der Waals surface area contributed by atoms with Crippen LogP contribution in [-0.2, 0) is 9.59 Å². The average molecular weight is 278 g/mol. The van der Waals surface area contributed by atoms with Crippen molar-refractivity contribution in [3.8, 4) is 5.75 Å². The Morgan fingerprint density at radius 3 is 2.60 bits per heavy atom. The molecule has 0 fully saturated rings. The molecule has 0 spiro atoms. The van der Waals surface area contributed by atoms with E-state index < -0.39 is 0 Å². The minimum absolute atomic E-state index is 0.126. The fraction of sp³-hybridized carbons (Fsp3) is 0.467. The number of amides is 2. The number of carbonyl (C=O) groups excluding carboxylic acids is 2. The molecule has 5 nitrogen and oxygen atoms in total. The van der Waals surface area contributed by atoms with Crippen LogP contribution in [0.15, 0.2) is 24.3 Å². The van der Waals surface area contributed by atoms with E-state index in [-0.39, 0.29) is 18.4 Å². The SMILES string of the molecule is CCCCCC(=O)NNC(=O)COc1cccc(C)c1. The van der Waals surface area contributed by atoms with Gasteiger partial charge in [-0.05, 0) is 31.0 Å².